The number of nitrogens with zero attached hydrogens (tertiary/aromatic N) is 4. The molecule has 0 fully saturated rings. The molecule has 0 bridgehead atoms. The van der Waals surface area contributed by atoms with E-state index < -0.39 is 11.5 Å². The van der Waals surface area contributed by atoms with E-state index in [1.807, 2.05) is 38.1 Å². The number of fused-ring (bicyclic) bond motifs is 1. The molecule has 146 valence electrons. The van der Waals surface area contributed by atoms with E-state index in [-0.39, 0.29) is 21.4 Å². The van der Waals surface area contributed by atoms with Gasteiger partial charge in [0.15, 0.2) is 10.4 Å². The predicted molar refractivity (Wildman–Crippen MR) is 111 cm³/mol. The van der Waals surface area contributed by atoms with Gasteiger partial charge < -0.3 is 5.11 Å². The molecule has 4 rings (SSSR count). The van der Waals surface area contributed by atoms with E-state index in [2.05, 4.69) is 15.1 Å². The van der Waals surface area contributed by atoms with Gasteiger partial charge in [0.05, 0.1) is 28.0 Å². The number of carboxylic acids is 1. The van der Waals surface area contributed by atoms with E-state index in [0.717, 1.165) is 5.56 Å². The molecule has 0 aliphatic heterocycles. The summed E-state index contributed by atoms with van der Waals surface area (Å²) in [6, 6.07) is 8.90. The van der Waals surface area contributed by atoms with Crippen molar-refractivity contribution in [1.82, 2.24) is 24.3 Å². The largest absolute Gasteiger partial charge is 0.478 e. The fraction of sp³-hybridized carbons (Fsp3) is 0.150. The van der Waals surface area contributed by atoms with Crippen LogP contribution in [0.25, 0.3) is 28.0 Å². The first kappa shape index (κ1) is 18.8. The summed E-state index contributed by atoms with van der Waals surface area (Å²) in [5, 5.41) is 14.1. The normalized spacial score (nSPS) is 11.1. The summed E-state index contributed by atoms with van der Waals surface area (Å²) in [7, 11) is 1.77. The van der Waals surface area contributed by atoms with Crippen LogP contribution in [0.4, 0.5) is 0 Å². The molecule has 4 aromatic rings. The second kappa shape index (κ2) is 6.78. The van der Waals surface area contributed by atoms with Gasteiger partial charge in [-0.05, 0) is 49.8 Å². The Bertz CT molecular complexity index is 1410. The highest BCUT2D eigenvalue weighted by atomic mass is 32.1. The van der Waals surface area contributed by atoms with Crippen molar-refractivity contribution < 1.29 is 9.90 Å². The van der Waals surface area contributed by atoms with Crippen LogP contribution in [-0.4, -0.2) is 35.4 Å². The monoisotopic (exact) mass is 407 g/mol. The molecule has 2 N–H and O–H groups in total. The molecule has 8 nitrogen and oxygen atoms in total. The van der Waals surface area contributed by atoms with Gasteiger partial charge in [0, 0.05) is 18.8 Å². The number of aromatic amines is 1. The molecule has 0 atom stereocenters. The first-order valence-electron chi connectivity index (χ1n) is 8.77. The average Bonchev–Trinajstić information content (AvgIpc) is 2.99. The van der Waals surface area contributed by atoms with E-state index in [1.165, 1.54) is 6.07 Å². The number of H-pyrrole nitrogens is 1. The summed E-state index contributed by atoms with van der Waals surface area (Å²) in [6.45, 7) is 3.74. The van der Waals surface area contributed by atoms with Gasteiger partial charge in [-0.15, -0.1) is 0 Å². The number of nitrogens with one attached hydrogen (secondary N) is 1. The van der Waals surface area contributed by atoms with Crippen molar-refractivity contribution in [3.8, 4) is 16.9 Å². The summed E-state index contributed by atoms with van der Waals surface area (Å²) in [5.74, 6) is -1.22. The second-order valence-electron chi connectivity index (χ2n) is 6.79. The van der Waals surface area contributed by atoms with Gasteiger partial charge in [-0.1, -0.05) is 12.1 Å². The maximum atomic E-state index is 12.6. The van der Waals surface area contributed by atoms with Crippen molar-refractivity contribution >= 4 is 29.2 Å². The van der Waals surface area contributed by atoms with E-state index in [9.17, 15) is 14.7 Å². The van der Waals surface area contributed by atoms with E-state index in [0.29, 0.717) is 22.6 Å². The highest BCUT2D eigenvalue weighted by molar-refractivity contribution is 7.71. The maximum Gasteiger partial charge on any atom is 0.336 e. The number of carboxylic acid groups (broad SMARTS) is 1. The van der Waals surface area contributed by atoms with Crippen LogP contribution in [0.3, 0.4) is 0 Å². The zero-order valence-electron chi connectivity index (χ0n) is 15.9. The molecule has 0 radical (unpaired) electrons. The highest BCUT2D eigenvalue weighted by Crippen LogP contribution is 2.26. The minimum absolute atomic E-state index is 0.0297. The Hall–Kier alpha value is -3.59. The molecule has 0 amide bonds. The van der Waals surface area contributed by atoms with Gasteiger partial charge in [0.25, 0.3) is 5.56 Å². The SMILES string of the molecule is Cc1cccc(-n2c(=S)[nH]c(=O)c3c(C(=O)O)cc(-c4cn(C)nc4C)nc32)c1. The quantitative estimate of drug-likeness (QED) is 0.506. The maximum absolute atomic E-state index is 12.6. The average molecular weight is 407 g/mol. The number of benzene rings is 1. The molecule has 3 heterocycles. The molecule has 0 unspecified atom stereocenters. The van der Waals surface area contributed by atoms with Crippen LogP contribution < -0.4 is 5.56 Å². The third-order valence-corrected chi connectivity index (χ3v) is 4.93. The summed E-state index contributed by atoms with van der Waals surface area (Å²) in [5.41, 5.74) is 2.89. The van der Waals surface area contributed by atoms with E-state index >= 15 is 0 Å². The lowest BCUT2D eigenvalue weighted by atomic mass is 10.1. The van der Waals surface area contributed by atoms with Crippen LogP contribution in [0.15, 0.2) is 41.3 Å². The van der Waals surface area contributed by atoms with Gasteiger partial charge in [-0.2, -0.15) is 5.10 Å². The van der Waals surface area contributed by atoms with Crippen LogP contribution in [0.2, 0.25) is 0 Å². The zero-order valence-corrected chi connectivity index (χ0v) is 16.7. The summed E-state index contributed by atoms with van der Waals surface area (Å²) in [6.07, 6.45) is 1.76. The molecule has 0 aliphatic rings. The van der Waals surface area contributed by atoms with Crippen molar-refractivity contribution in [2.75, 3.05) is 0 Å². The molecule has 0 aliphatic carbocycles. The molecule has 3 aromatic heterocycles. The Balaban J connectivity index is 2.20. The minimum Gasteiger partial charge on any atom is -0.478 e. The summed E-state index contributed by atoms with van der Waals surface area (Å²) < 4.78 is 3.35. The van der Waals surface area contributed by atoms with Crippen LogP contribution in [0.5, 0.6) is 0 Å². The molecular formula is C20H17N5O3S. The lowest BCUT2D eigenvalue weighted by Crippen LogP contribution is -2.18. The van der Waals surface area contributed by atoms with Gasteiger partial charge in [-0.25, -0.2) is 9.78 Å². The van der Waals surface area contributed by atoms with Gasteiger partial charge in [0.1, 0.15) is 0 Å². The topological polar surface area (TPSA) is 106 Å². The number of carbonyl (C=O) groups is 1. The van der Waals surface area contributed by atoms with Crippen LogP contribution in [0.1, 0.15) is 21.6 Å². The van der Waals surface area contributed by atoms with Crippen LogP contribution in [-0.2, 0) is 7.05 Å². The first-order valence-corrected chi connectivity index (χ1v) is 9.18. The van der Waals surface area contributed by atoms with Crippen molar-refractivity contribution in [3.63, 3.8) is 0 Å². The number of hydrogen-bond donors (Lipinski definition) is 2. The number of pyridine rings is 1. The highest BCUT2D eigenvalue weighted by Gasteiger charge is 2.21. The minimum atomic E-state index is -1.22. The Morgan fingerprint density at radius 1 is 1.24 bits per heavy atom. The Labute approximate surface area is 170 Å². The Morgan fingerprint density at radius 3 is 2.62 bits per heavy atom. The molecule has 29 heavy (non-hydrogen) atoms. The lowest BCUT2D eigenvalue weighted by molar-refractivity contribution is 0.0699. The van der Waals surface area contributed by atoms with Crippen molar-refractivity contribution in [1.29, 1.82) is 0 Å². The van der Waals surface area contributed by atoms with Gasteiger partial charge >= 0.3 is 5.97 Å². The summed E-state index contributed by atoms with van der Waals surface area (Å²) >= 11 is 5.39. The number of aryl methyl sites for hydroxylation is 3. The van der Waals surface area contributed by atoms with Crippen molar-refractivity contribution in [2.24, 2.45) is 7.05 Å². The molecule has 9 heteroatoms. The molecule has 0 saturated heterocycles. The number of aromatic nitrogens is 5. The molecule has 1 aromatic carbocycles. The smallest absolute Gasteiger partial charge is 0.336 e. The lowest BCUT2D eigenvalue weighted by Gasteiger charge is -2.13. The fourth-order valence-corrected chi connectivity index (χ4v) is 3.68. The Morgan fingerprint density at radius 2 is 2.00 bits per heavy atom. The standard InChI is InChI=1S/C20H17N5O3S/c1-10-5-4-6-12(7-10)25-17-16(18(26)22-20(25)29)13(19(27)28)8-15(21-17)14-9-24(3)23-11(14)2/h4-9H,1-3H3,(H,27,28)(H,22,26,29). The van der Waals surface area contributed by atoms with Crippen molar-refractivity contribution in [3.05, 3.63) is 68.5 Å². The third-order valence-electron chi connectivity index (χ3n) is 4.64. The first-order chi connectivity index (χ1) is 13.8. The van der Waals surface area contributed by atoms with E-state index in [4.69, 9.17) is 12.2 Å². The molecule has 0 spiro atoms. The number of hydrogen-bond acceptors (Lipinski definition) is 5. The van der Waals surface area contributed by atoms with Gasteiger partial charge in [-0.3, -0.25) is 19.0 Å². The fourth-order valence-electron chi connectivity index (χ4n) is 3.39. The third kappa shape index (κ3) is 3.15. The predicted octanol–water partition coefficient (Wildman–Crippen LogP) is 3.16. The zero-order chi connectivity index (χ0) is 20.9. The van der Waals surface area contributed by atoms with Gasteiger partial charge in [0.2, 0.25) is 0 Å². The molecular weight excluding hydrogens is 390 g/mol. The van der Waals surface area contributed by atoms with E-state index in [1.54, 1.807) is 22.5 Å². The van der Waals surface area contributed by atoms with Crippen LogP contribution in [0, 0.1) is 18.6 Å². The second-order valence-corrected chi connectivity index (χ2v) is 7.18. The molecule has 0 saturated carbocycles. The Kier molecular flexibility index (Phi) is 4.39. The number of aromatic carboxylic acids is 1. The summed E-state index contributed by atoms with van der Waals surface area (Å²) in [4.78, 5) is 31.9. The van der Waals surface area contributed by atoms with Crippen LogP contribution >= 0.6 is 12.2 Å². The van der Waals surface area contributed by atoms with Crippen molar-refractivity contribution in [2.45, 2.75) is 13.8 Å². The number of rotatable bonds is 3.